The quantitative estimate of drug-likeness (QED) is 0.305. The Labute approximate surface area is 186 Å². The van der Waals surface area contributed by atoms with Crippen molar-refractivity contribution in [1.29, 1.82) is 0 Å². The number of hydrogen-bond acceptors (Lipinski definition) is 2. The molecule has 1 amide bonds. The molecule has 1 unspecified atom stereocenters. The zero-order valence-electron chi connectivity index (χ0n) is 20.4. The molecule has 1 aromatic rings. The highest BCUT2D eigenvalue weighted by molar-refractivity contribution is 6.90. The molecule has 0 radical (unpaired) electrons. The van der Waals surface area contributed by atoms with Crippen molar-refractivity contribution >= 4 is 14.0 Å². The molecule has 1 atom stereocenters. The van der Waals surface area contributed by atoms with Gasteiger partial charge < -0.3 is 0 Å². The molecule has 0 saturated carbocycles. The van der Waals surface area contributed by atoms with Crippen LogP contribution in [0.1, 0.15) is 79.8 Å². The van der Waals surface area contributed by atoms with Crippen molar-refractivity contribution in [1.82, 2.24) is 9.80 Å². The maximum absolute atomic E-state index is 12.5. The van der Waals surface area contributed by atoms with Crippen LogP contribution in [0.15, 0.2) is 30.3 Å². The van der Waals surface area contributed by atoms with Crippen molar-refractivity contribution in [3.63, 3.8) is 0 Å². The number of rotatable bonds is 6. The van der Waals surface area contributed by atoms with Crippen molar-refractivity contribution < 1.29 is 4.79 Å². The molecule has 0 N–H and O–H groups in total. The maximum atomic E-state index is 12.5. The Morgan fingerprint density at radius 1 is 0.967 bits per heavy atom. The van der Waals surface area contributed by atoms with Crippen LogP contribution in [0.5, 0.6) is 0 Å². The molecule has 1 aliphatic rings. The molecule has 1 heterocycles. The zero-order chi connectivity index (χ0) is 22.5. The predicted molar refractivity (Wildman–Crippen MR) is 131 cm³/mol. The van der Waals surface area contributed by atoms with Gasteiger partial charge in [-0.3, -0.25) is 14.6 Å². The van der Waals surface area contributed by atoms with Gasteiger partial charge in [0.25, 0.3) is 0 Å². The molecule has 30 heavy (non-hydrogen) atoms. The van der Waals surface area contributed by atoms with Gasteiger partial charge in [-0.1, -0.05) is 71.9 Å². The maximum Gasteiger partial charge on any atom is 0.231 e. The van der Waals surface area contributed by atoms with Crippen LogP contribution >= 0.6 is 0 Å². The highest BCUT2D eigenvalue weighted by Crippen LogP contribution is 2.40. The van der Waals surface area contributed by atoms with E-state index in [0.29, 0.717) is 22.7 Å². The molecule has 0 spiro atoms. The topological polar surface area (TPSA) is 23.6 Å². The van der Waals surface area contributed by atoms with Gasteiger partial charge >= 0.3 is 0 Å². The molecule has 0 bridgehead atoms. The van der Waals surface area contributed by atoms with E-state index in [1.807, 2.05) is 4.90 Å². The van der Waals surface area contributed by atoms with Gasteiger partial charge in [0.15, 0.2) is 0 Å². The molecule has 2 rings (SSSR count). The zero-order valence-corrected chi connectivity index (χ0v) is 21.4. The molecule has 0 aromatic heterocycles. The van der Waals surface area contributed by atoms with Gasteiger partial charge in [0, 0.05) is 38.1 Å². The summed E-state index contributed by atoms with van der Waals surface area (Å²) in [7, 11) is -1.84. The largest absolute Gasteiger partial charge is 0.296 e. The Morgan fingerprint density at radius 3 is 1.90 bits per heavy atom. The van der Waals surface area contributed by atoms with Crippen LogP contribution in [0.25, 0.3) is 0 Å². The molecule has 1 fully saturated rings. The SMILES string of the molecule is CC(=O)N(C#C[Si](C(C)C)(C(C)C)C(C)C)C1CCN(C(C)c2ccccc2)CC1. The smallest absolute Gasteiger partial charge is 0.231 e. The second kappa shape index (κ2) is 10.6. The average Bonchev–Trinajstić information content (AvgIpc) is 2.70. The number of likely N-dealkylation sites (tertiary alicyclic amines) is 1. The summed E-state index contributed by atoms with van der Waals surface area (Å²) in [4.78, 5) is 16.9. The van der Waals surface area contributed by atoms with Crippen LogP contribution < -0.4 is 0 Å². The highest BCUT2D eigenvalue weighted by atomic mass is 28.3. The van der Waals surface area contributed by atoms with E-state index in [-0.39, 0.29) is 11.9 Å². The first-order chi connectivity index (χ1) is 14.1. The third-order valence-electron chi connectivity index (χ3n) is 7.29. The summed E-state index contributed by atoms with van der Waals surface area (Å²) in [6, 6.07) is 14.8. The molecular formula is C26H42N2OSi. The number of benzene rings is 1. The van der Waals surface area contributed by atoms with E-state index in [4.69, 9.17) is 0 Å². The predicted octanol–water partition coefficient (Wildman–Crippen LogP) is 6.24. The fourth-order valence-corrected chi connectivity index (χ4v) is 10.7. The van der Waals surface area contributed by atoms with Crippen molar-refractivity contribution in [3.8, 4) is 11.6 Å². The number of piperidine rings is 1. The van der Waals surface area contributed by atoms with E-state index in [0.717, 1.165) is 25.9 Å². The summed E-state index contributed by atoms with van der Waals surface area (Å²) < 4.78 is 0. The molecule has 1 aromatic carbocycles. The van der Waals surface area contributed by atoms with Gasteiger partial charge in [0.1, 0.15) is 8.07 Å². The fourth-order valence-electron chi connectivity index (χ4n) is 5.49. The lowest BCUT2D eigenvalue weighted by Gasteiger charge is -2.40. The molecule has 166 valence electrons. The van der Waals surface area contributed by atoms with Gasteiger partial charge in [0.2, 0.25) is 5.91 Å². The van der Waals surface area contributed by atoms with E-state index in [9.17, 15) is 4.79 Å². The Balaban J connectivity index is 2.16. The second-order valence-corrected chi connectivity index (χ2v) is 15.5. The first kappa shape index (κ1) is 24.7. The average molecular weight is 427 g/mol. The van der Waals surface area contributed by atoms with Crippen molar-refractivity contribution in [3.05, 3.63) is 35.9 Å². The molecular weight excluding hydrogens is 384 g/mol. The molecule has 4 heteroatoms. The van der Waals surface area contributed by atoms with E-state index in [1.165, 1.54) is 5.56 Å². The molecule has 3 nitrogen and oxygen atoms in total. The third kappa shape index (κ3) is 5.37. The fraction of sp³-hybridized carbons (Fsp3) is 0.654. The lowest BCUT2D eigenvalue weighted by atomic mass is 9.99. The van der Waals surface area contributed by atoms with Crippen LogP contribution in [-0.4, -0.2) is 42.9 Å². The van der Waals surface area contributed by atoms with Crippen molar-refractivity contribution in [2.24, 2.45) is 0 Å². The standard InChI is InChI=1S/C26H42N2OSi/c1-20(2)30(21(3)4,22(5)6)19-18-28(24(8)29)26-14-16-27(17-15-26)23(7)25-12-10-9-11-13-25/h9-13,20-23,26H,14-17H2,1-8H3. The van der Waals surface area contributed by atoms with Crippen molar-refractivity contribution in [2.75, 3.05) is 13.1 Å². The summed E-state index contributed by atoms with van der Waals surface area (Å²) >= 11 is 0. The van der Waals surface area contributed by atoms with Crippen LogP contribution in [0.3, 0.4) is 0 Å². The lowest BCUT2D eigenvalue weighted by molar-refractivity contribution is -0.128. The number of nitrogens with zero attached hydrogens (tertiary/aromatic N) is 2. The summed E-state index contributed by atoms with van der Waals surface area (Å²) in [6.07, 6.45) is 1.98. The Morgan fingerprint density at radius 2 is 1.47 bits per heavy atom. The van der Waals surface area contributed by atoms with Crippen LogP contribution in [0.2, 0.25) is 16.6 Å². The normalized spacial score (nSPS) is 17.2. The van der Waals surface area contributed by atoms with Crippen LogP contribution in [0, 0.1) is 11.6 Å². The van der Waals surface area contributed by atoms with Gasteiger partial charge in [-0.25, -0.2) is 0 Å². The summed E-state index contributed by atoms with van der Waals surface area (Å²) in [6.45, 7) is 19.9. The molecule has 1 aliphatic heterocycles. The first-order valence-electron chi connectivity index (χ1n) is 11.7. The highest BCUT2D eigenvalue weighted by Gasteiger charge is 2.42. The number of carbonyl (C=O) groups is 1. The van der Waals surface area contributed by atoms with Crippen LogP contribution in [-0.2, 0) is 4.79 Å². The number of hydrogen-bond donors (Lipinski definition) is 0. The summed E-state index contributed by atoms with van der Waals surface area (Å²) in [5, 5.41) is 0. The first-order valence-corrected chi connectivity index (χ1v) is 14.0. The Bertz CT molecular complexity index is 718. The van der Waals surface area contributed by atoms with Crippen molar-refractivity contribution in [2.45, 2.75) is 96.9 Å². The minimum Gasteiger partial charge on any atom is -0.296 e. The second-order valence-electron chi connectivity index (χ2n) is 9.88. The third-order valence-corrected chi connectivity index (χ3v) is 13.6. The van der Waals surface area contributed by atoms with Gasteiger partial charge in [-0.05, 0) is 42.0 Å². The summed E-state index contributed by atoms with van der Waals surface area (Å²) in [5.74, 6) is 0.0937. The number of amides is 1. The van der Waals surface area contributed by atoms with Gasteiger partial charge in [0.05, 0.1) is 0 Å². The molecule has 0 aliphatic carbocycles. The van der Waals surface area contributed by atoms with Crippen LogP contribution in [0.4, 0.5) is 0 Å². The number of carbonyl (C=O) groups excluding carboxylic acids is 1. The van der Waals surface area contributed by atoms with E-state index in [1.54, 1.807) is 6.92 Å². The van der Waals surface area contributed by atoms with Gasteiger partial charge in [-0.2, -0.15) is 0 Å². The van der Waals surface area contributed by atoms with E-state index >= 15 is 0 Å². The monoisotopic (exact) mass is 426 g/mol. The molecule has 1 saturated heterocycles. The lowest BCUT2D eigenvalue weighted by Crippen LogP contribution is -2.47. The van der Waals surface area contributed by atoms with E-state index in [2.05, 4.69) is 95.3 Å². The van der Waals surface area contributed by atoms with E-state index < -0.39 is 8.07 Å². The minimum atomic E-state index is -1.84. The Kier molecular flexibility index (Phi) is 8.76. The summed E-state index contributed by atoms with van der Waals surface area (Å²) in [5.41, 5.74) is 6.84. The van der Waals surface area contributed by atoms with Gasteiger partial charge in [-0.15, -0.1) is 5.54 Å². The minimum absolute atomic E-state index is 0.0937. The Hall–Kier alpha value is -1.57.